The summed E-state index contributed by atoms with van der Waals surface area (Å²) in [5.41, 5.74) is 1.08. The van der Waals surface area contributed by atoms with E-state index in [1.165, 1.54) is 19.3 Å². The first kappa shape index (κ1) is 23.6. The van der Waals surface area contributed by atoms with Crippen LogP contribution in [-0.2, 0) is 35.1 Å². The Labute approximate surface area is 191 Å². The summed E-state index contributed by atoms with van der Waals surface area (Å²) in [6.45, 7) is 6.39. The first-order valence-electron chi connectivity index (χ1n) is 12.0. The van der Waals surface area contributed by atoms with Crippen LogP contribution >= 0.6 is 0 Å². The van der Waals surface area contributed by atoms with E-state index in [4.69, 9.17) is 23.7 Å². The Kier molecular flexibility index (Phi) is 7.84. The fourth-order valence-corrected chi connectivity index (χ4v) is 5.03. The number of hydrogen-bond donors (Lipinski definition) is 1. The quantitative estimate of drug-likeness (QED) is 0.579. The van der Waals surface area contributed by atoms with Gasteiger partial charge >= 0.3 is 5.97 Å². The molecule has 0 aromatic heterocycles. The van der Waals surface area contributed by atoms with Crippen LogP contribution in [0.4, 0.5) is 0 Å². The molecule has 1 N–H and O–H groups in total. The second-order valence-electron chi connectivity index (χ2n) is 9.45. The average molecular weight is 448 g/mol. The molecule has 7 heteroatoms. The van der Waals surface area contributed by atoms with Gasteiger partial charge in [0.1, 0.15) is 18.3 Å². The molecule has 2 saturated heterocycles. The van der Waals surface area contributed by atoms with E-state index in [9.17, 15) is 4.79 Å². The molecule has 1 aromatic carbocycles. The van der Waals surface area contributed by atoms with Gasteiger partial charge in [0.05, 0.1) is 19.6 Å². The van der Waals surface area contributed by atoms with Gasteiger partial charge in [-0.3, -0.25) is 4.79 Å². The van der Waals surface area contributed by atoms with E-state index in [1.54, 1.807) is 0 Å². The summed E-state index contributed by atoms with van der Waals surface area (Å²) in [5, 5.41) is 3.71. The van der Waals surface area contributed by atoms with Crippen LogP contribution in [0.5, 0.6) is 0 Å². The van der Waals surface area contributed by atoms with E-state index in [2.05, 4.69) is 5.32 Å². The smallest absolute Gasteiger partial charge is 0.307 e. The highest BCUT2D eigenvalue weighted by molar-refractivity contribution is 5.70. The second-order valence-corrected chi connectivity index (χ2v) is 9.45. The number of ether oxygens (including phenoxy) is 5. The number of carbonyl (C=O) groups is 1. The van der Waals surface area contributed by atoms with Crippen molar-refractivity contribution in [3.63, 3.8) is 0 Å². The minimum atomic E-state index is -0.734. The maximum atomic E-state index is 12.5. The molecule has 0 amide bonds. The minimum absolute atomic E-state index is 0.225. The molecule has 3 fully saturated rings. The van der Waals surface area contributed by atoms with Crippen LogP contribution in [0.1, 0.15) is 64.9 Å². The van der Waals surface area contributed by atoms with E-state index >= 15 is 0 Å². The van der Waals surface area contributed by atoms with Crippen molar-refractivity contribution in [2.45, 2.75) is 108 Å². The Morgan fingerprint density at radius 2 is 1.91 bits per heavy atom. The molecule has 0 bridgehead atoms. The third kappa shape index (κ3) is 5.88. The summed E-state index contributed by atoms with van der Waals surface area (Å²) >= 11 is 0. The van der Waals surface area contributed by atoms with Crippen molar-refractivity contribution < 1.29 is 28.5 Å². The Morgan fingerprint density at radius 3 is 2.62 bits per heavy atom. The maximum Gasteiger partial charge on any atom is 0.307 e. The highest BCUT2D eigenvalue weighted by Crippen LogP contribution is 2.40. The molecule has 3 aliphatic rings. The Balaban J connectivity index is 1.52. The first-order chi connectivity index (χ1) is 15.4. The molecule has 1 aliphatic carbocycles. The predicted molar refractivity (Wildman–Crippen MR) is 119 cm³/mol. The molecular formula is C25H37NO6. The van der Waals surface area contributed by atoms with Gasteiger partial charge in [0.25, 0.3) is 0 Å². The van der Waals surface area contributed by atoms with Crippen molar-refractivity contribution in [2.24, 2.45) is 0 Å². The van der Waals surface area contributed by atoms with Crippen molar-refractivity contribution in [3.8, 4) is 0 Å². The van der Waals surface area contributed by atoms with Gasteiger partial charge in [0, 0.05) is 12.1 Å². The average Bonchev–Trinajstić information content (AvgIpc) is 3.25. The maximum absolute atomic E-state index is 12.5. The molecule has 0 unspecified atom stereocenters. The van der Waals surface area contributed by atoms with Crippen LogP contribution in [0.2, 0.25) is 0 Å². The van der Waals surface area contributed by atoms with Gasteiger partial charge in [0.2, 0.25) is 0 Å². The SMILES string of the molecule is CCOC(=O)C[C@H](NC1CCCCC1)[C@H]1O[C@@H]2OC(C)(C)O[C@@H]2[C@H]1OCc1ccccc1. The molecule has 4 rings (SSSR count). The third-order valence-electron chi connectivity index (χ3n) is 6.46. The normalized spacial score (nSPS) is 30.7. The summed E-state index contributed by atoms with van der Waals surface area (Å²) in [6, 6.07) is 10.2. The minimum Gasteiger partial charge on any atom is -0.466 e. The fraction of sp³-hybridized carbons (Fsp3) is 0.720. The summed E-state index contributed by atoms with van der Waals surface area (Å²) in [5.74, 6) is -0.965. The molecule has 5 atom stereocenters. The lowest BCUT2D eigenvalue weighted by molar-refractivity contribution is -0.223. The molecule has 178 valence electrons. The Bertz CT molecular complexity index is 735. The predicted octanol–water partition coefficient (Wildman–Crippen LogP) is 3.69. The van der Waals surface area contributed by atoms with Crippen molar-refractivity contribution in [1.82, 2.24) is 5.32 Å². The lowest BCUT2D eigenvalue weighted by Crippen LogP contribution is -2.53. The molecule has 1 saturated carbocycles. The van der Waals surface area contributed by atoms with Gasteiger partial charge in [-0.2, -0.15) is 0 Å². The number of esters is 1. The van der Waals surface area contributed by atoms with Crippen molar-refractivity contribution in [3.05, 3.63) is 35.9 Å². The first-order valence-corrected chi connectivity index (χ1v) is 12.0. The monoisotopic (exact) mass is 447 g/mol. The highest BCUT2D eigenvalue weighted by atomic mass is 16.8. The molecule has 1 aromatic rings. The second kappa shape index (κ2) is 10.6. The van der Waals surface area contributed by atoms with Gasteiger partial charge in [-0.15, -0.1) is 0 Å². The number of hydrogen-bond acceptors (Lipinski definition) is 7. The van der Waals surface area contributed by atoms with Gasteiger partial charge in [0.15, 0.2) is 12.1 Å². The molecule has 2 heterocycles. The van der Waals surface area contributed by atoms with E-state index in [0.717, 1.165) is 18.4 Å². The van der Waals surface area contributed by atoms with Crippen molar-refractivity contribution >= 4 is 5.97 Å². The van der Waals surface area contributed by atoms with Crippen LogP contribution in [0.25, 0.3) is 0 Å². The van der Waals surface area contributed by atoms with Gasteiger partial charge in [-0.1, -0.05) is 49.6 Å². The standard InChI is InChI=1S/C25H37NO6/c1-4-28-20(27)15-19(26-18-13-9-6-10-14-18)21-22(29-16-17-11-7-5-8-12-17)23-24(30-21)32-25(2,3)31-23/h5,7-8,11-12,18-19,21-24,26H,4,6,9-10,13-16H2,1-3H3/t19-,21+,22-,23+,24+/m0/s1. The zero-order valence-electron chi connectivity index (χ0n) is 19.5. The van der Waals surface area contributed by atoms with E-state index in [1.807, 2.05) is 51.1 Å². The van der Waals surface area contributed by atoms with Crippen LogP contribution in [-0.4, -0.2) is 55.0 Å². The van der Waals surface area contributed by atoms with Crippen LogP contribution in [0.15, 0.2) is 30.3 Å². The van der Waals surface area contributed by atoms with E-state index < -0.39 is 12.1 Å². The molecule has 7 nitrogen and oxygen atoms in total. The zero-order valence-corrected chi connectivity index (χ0v) is 19.5. The largest absolute Gasteiger partial charge is 0.466 e. The number of benzene rings is 1. The summed E-state index contributed by atoms with van der Waals surface area (Å²) in [7, 11) is 0. The van der Waals surface area contributed by atoms with Crippen LogP contribution < -0.4 is 5.32 Å². The number of carbonyl (C=O) groups excluding carboxylic acids is 1. The molecule has 32 heavy (non-hydrogen) atoms. The highest BCUT2D eigenvalue weighted by Gasteiger charge is 2.57. The van der Waals surface area contributed by atoms with Crippen LogP contribution in [0.3, 0.4) is 0 Å². The summed E-state index contributed by atoms with van der Waals surface area (Å²) in [6.07, 6.45) is 4.50. The fourth-order valence-electron chi connectivity index (χ4n) is 5.03. The third-order valence-corrected chi connectivity index (χ3v) is 6.46. The number of fused-ring (bicyclic) bond motifs is 1. The summed E-state index contributed by atoms with van der Waals surface area (Å²) in [4.78, 5) is 12.5. The van der Waals surface area contributed by atoms with Gasteiger partial charge < -0.3 is 29.0 Å². The zero-order chi connectivity index (χ0) is 22.6. The lowest BCUT2D eigenvalue weighted by atomic mass is 9.92. The van der Waals surface area contributed by atoms with E-state index in [-0.39, 0.29) is 36.7 Å². The summed E-state index contributed by atoms with van der Waals surface area (Å²) < 4.78 is 30.2. The molecule has 0 radical (unpaired) electrons. The van der Waals surface area contributed by atoms with Crippen molar-refractivity contribution in [1.29, 1.82) is 0 Å². The molecule has 2 aliphatic heterocycles. The Hall–Kier alpha value is -1.51. The van der Waals surface area contributed by atoms with E-state index in [0.29, 0.717) is 19.3 Å². The number of nitrogens with one attached hydrogen (secondary N) is 1. The molecular weight excluding hydrogens is 410 g/mol. The lowest BCUT2D eigenvalue weighted by Gasteiger charge is -2.34. The van der Waals surface area contributed by atoms with Gasteiger partial charge in [-0.05, 0) is 39.2 Å². The number of rotatable bonds is 9. The topological polar surface area (TPSA) is 75.3 Å². The van der Waals surface area contributed by atoms with Crippen molar-refractivity contribution in [2.75, 3.05) is 6.61 Å². The van der Waals surface area contributed by atoms with Crippen LogP contribution in [0, 0.1) is 0 Å². The van der Waals surface area contributed by atoms with Gasteiger partial charge in [-0.25, -0.2) is 0 Å². The molecule has 0 spiro atoms. The Morgan fingerprint density at radius 1 is 1.16 bits per heavy atom.